The summed E-state index contributed by atoms with van der Waals surface area (Å²) in [7, 11) is 5.74. The van der Waals surface area contributed by atoms with E-state index in [-0.39, 0.29) is 11.3 Å². The Kier molecular flexibility index (Phi) is 6.26. The smallest absolute Gasteiger partial charge is 0.340 e. The summed E-state index contributed by atoms with van der Waals surface area (Å²) in [4.78, 5) is 24.5. The molecule has 1 aromatic heterocycles. The van der Waals surface area contributed by atoms with Crippen molar-refractivity contribution in [2.75, 3.05) is 33.8 Å². The van der Waals surface area contributed by atoms with E-state index in [0.29, 0.717) is 28.6 Å². The van der Waals surface area contributed by atoms with Crippen LogP contribution < -0.4 is 19.5 Å². The van der Waals surface area contributed by atoms with Gasteiger partial charge in [-0.05, 0) is 30.3 Å². The van der Waals surface area contributed by atoms with Gasteiger partial charge in [-0.2, -0.15) is 0 Å². The lowest BCUT2D eigenvalue weighted by molar-refractivity contribution is -0.111. The van der Waals surface area contributed by atoms with E-state index in [2.05, 4.69) is 5.32 Å². The molecule has 8 heteroatoms. The van der Waals surface area contributed by atoms with Crippen LogP contribution in [0.5, 0.6) is 17.2 Å². The van der Waals surface area contributed by atoms with Gasteiger partial charge in [-0.3, -0.25) is 4.79 Å². The van der Waals surface area contributed by atoms with E-state index in [1.165, 1.54) is 45.6 Å². The van der Waals surface area contributed by atoms with E-state index < -0.39 is 11.9 Å². The number of esters is 1. The minimum Gasteiger partial charge on any atom is -0.497 e. The topological polar surface area (TPSA) is 96.2 Å². The molecule has 0 aliphatic rings. The zero-order valence-electron chi connectivity index (χ0n) is 17.0. The van der Waals surface area contributed by atoms with Crippen molar-refractivity contribution in [3.8, 4) is 17.2 Å². The van der Waals surface area contributed by atoms with Crippen molar-refractivity contribution in [1.29, 1.82) is 0 Å². The van der Waals surface area contributed by atoms with Crippen LogP contribution in [0.25, 0.3) is 17.0 Å². The number of anilines is 1. The van der Waals surface area contributed by atoms with Crippen LogP contribution in [0.4, 0.5) is 5.69 Å². The van der Waals surface area contributed by atoms with Crippen LogP contribution in [0.15, 0.2) is 46.9 Å². The predicted octanol–water partition coefficient (Wildman–Crippen LogP) is 3.90. The third-order valence-corrected chi connectivity index (χ3v) is 4.33. The molecule has 3 rings (SSSR count). The van der Waals surface area contributed by atoms with Crippen LogP contribution in [-0.2, 0) is 9.53 Å². The summed E-state index contributed by atoms with van der Waals surface area (Å²) in [5, 5.41) is 3.50. The zero-order valence-corrected chi connectivity index (χ0v) is 17.0. The SMILES string of the molecule is COC(=O)c1cc(OC)c(OC)cc1NC(=O)C=Cc1cc2cc(OC)ccc2o1. The summed E-state index contributed by atoms with van der Waals surface area (Å²) in [6.45, 7) is 0. The highest BCUT2D eigenvalue weighted by Crippen LogP contribution is 2.34. The number of ether oxygens (including phenoxy) is 4. The Morgan fingerprint density at radius 2 is 1.67 bits per heavy atom. The number of nitrogens with one attached hydrogen (secondary N) is 1. The highest BCUT2D eigenvalue weighted by molar-refractivity contribution is 6.07. The summed E-state index contributed by atoms with van der Waals surface area (Å²) in [5.74, 6) is 0.806. The lowest BCUT2D eigenvalue weighted by Crippen LogP contribution is -2.13. The molecular formula is C22H21NO7. The van der Waals surface area contributed by atoms with E-state index in [0.717, 1.165) is 5.39 Å². The molecule has 0 radical (unpaired) electrons. The normalized spacial score (nSPS) is 10.8. The second-order valence-corrected chi connectivity index (χ2v) is 6.12. The molecule has 0 aliphatic carbocycles. The van der Waals surface area contributed by atoms with Gasteiger partial charge in [0, 0.05) is 23.6 Å². The maximum atomic E-state index is 12.4. The monoisotopic (exact) mass is 411 g/mol. The highest BCUT2D eigenvalue weighted by atomic mass is 16.5. The number of furan rings is 1. The molecule has 30 heavy (non-hydrogen) atoms. The van der Waals surface area contributed by atoms with E-state index in [1.807, 2.05) is 6.07 Å². The van der Waals surface area contributed by atoms with Crippen LogP contribution in [0.2, 0.25) is 0 Å². The van der Waals surface area contributed by atoms with Gasteiger partial charge in [-0.1, -0.05) is 0 Å². The Hall–Kier alpha value is -3.94. The average Bonchev–Trinajstić information content (AvgIpc) is 3.18. The third kappa shape index (κ3) is 4.38. The number of hydrogen-bond donors (Lipinski definition) is 1. The third-order valence-electron chi connectivity index (χ3n) is 4.33. The second-order valence-electron chi connectivity index (χ2n) is 6.12. The van der Waals surface area contributed by atoms with Crippen molar-refractivity contribution >= 4 is 34.6 Å². The number of rotatable bonds is 7. The molecule has 1 amide bonds. The predicted molar refractivity (Wildman–Crippen MR) is 111 cm³/mol. The molecule has 2 aromatic carbocycles. The molecular weight excluding hydrogens is 390 g/mol. The summed E-state index contributed by atoms with van der Waals surface area (Å²) < 4.78 is 26.1. The lowest BCUT2D eigenvalue weighted by Gasteiger charge is -2.13. The number of benzene rings is 2. The van der Waals surface area contributed by atoms with Crippen LogP contribution in [0, 0.1) is 0 Å². The molecule has 0 spiro atoms. The molecule has 0 unspecified atom stereocenters. The van der Waals surface area contributed by atoms with Crippen LogP contribution in [0.1, 0.15) is 16.1 Å². The molecule has 0 atom stereocenters. The molecule has 1 N–H and O–H groups in total. The van der Waals surface area contributed by atoms with Gasteiger partial charge in [0.1, 0.15) is 17.1 Å². The van der Waals surface area contributed by atoms with Gasteiger partial charge < -0.3 is 28.7 Å². The molecule has 0 aliphatic heterocycles. The molecule has 0 saturated heterocycles. The summed E-state index contributed by atoms with van der Waals surface area (Å²) in [6, 6.07) is 10.1. The second kappa shape index (κ2) is 9.04. The Labute approximate surface area is 173 Å². The largest absolute Gasteiger partial charge is 0.497 e. The average molecular weight is 411 g/mol. The van der Waals surface area contributed by atoms with Gasteiger partial charge in [-0.25, -0.2) is 4.79 Å². The standard InChI is InChI=1S/C22H21NO7/c1-26-14-5-7-18-13(9-14)10-15(30-18)6-8-21(24)23-17-12-20(28-3)19(27-2)11-16(17)22(25)29-4/h5-12H,1-4H3,(H,23,24). The van der Waals surface area contributed by atoms with Crippen LogP contribution >= 0.6 is 0 Å². The molecule has 0 fully saturated rings. The fourth-order valence-corrected chi connectivity index (χ4v) is 2.84. The van der Waals surface area contributed by atoms with E-state index in [4.69, 9.17) is 23.4 Å². The fraction of sp³-hybridized carbons (Fsp3) is 0.182. The Balaban J connectivity index is 1.83. The quantitative estimate of drug-likeness (QED) is 0.465. The maximum absolute atomic E-state index is 12.4. The lowest BCUT2D eigenvalue weighted by atomic mass is 10.1. The fourth-order valence-electron chi connectivity index (χ4n) is 2.84. The molecule has 0 saturated carbocycles. The van der Waals surface area contributed by atoms with Gasteiger partial charge >= 0.3 is 5.97 Å². The Morgan fingerprint density at radius 1 is 0.933 bits per heavy atom. The van der Waals surface area contributed by atoms with E-state index >= 15 is 0 Å². The van der Waals surface area contributed by atoms with Gasteiger partial charge in [0.15, 0.2) is 11.5 Å². The summed E-state index contributed by atoms with van der Waals surface area (Å²) in [6.07, 6.45) is 2.83. The Bertz CT molecular complexity index is 1110. The summed E-state index contributed by atoms with van der Waals surface area (Å²) >= 11 is 0. The minimum atomic E-state index is -0.624. The van der Waals surface area contributed by atoms with Crippen molar-refractivity contribution in [3.05, 3.63) is 53.8 Å². The highest BCUT2D eigenvalue weighted by Gasteiger charge is 2.18. The van der Waals surface area contributed by atoms with Crippen LogP contribution in [-0.4, -0.2) is 40.3 Å². The van der Waals surface area contributed by atoms with Crippen molar-refractivity contribution in [1.82, 2.24) is 0 Å². The minimum absolute atomic E-state index is 0.132. The number of hydrogen-bond acceptors (Lipinski definition) is 7. The molecule has 8 nitrogen and oxygen atoms in total. The molecule has 1 heterocycles. The Morgan fingerprint density at radius 3 is 2.33 bits per heavy atom. The van der Waals surface area contributed by atoms with Gasteiger partial charge in [-0.15, -0.1) is 0 Å². The van der Waals surface area contributed by atoms with Crippen molar-refractivity contribution in [3.63, 3.8) is 0 Å². The van der Waals surface area contributed by atoms with E-state index in [1.54, 1.807) is 25.3 Å². The molecule has 156 valence electrons. The van der Waals surface area contributed by atoms with E-state index in [9.17, 15) is 9.59 Å². The van der Waals surface area contributed by atoms with Gasteiger partial charge in [0.25, 0.3) is 0 Å². The van der Waals surface area contributed by atoms with Gasteiger partial charge in [0.2, 0.25) is 5.91 Å². The number of methoxy groups -OCH3 is 4. The zero-order chi connectivity index (χ0) is 21.7. The number of amides is 1. The number of carbonyl (C=O) groups excluding carboxylic acids is 2. The number of fused-ring (bicyclic) bond motifs is 1. The van der Waals surface area contributed by atoms with Crippen LogP contribution in [0.3, 0.4) is 0 Å². The van der Waals surface area contributed by atoms with Crippen molar-refractivity contribution in [2.45, 2.75) is 0 Å². The van der Waals surface area contributed by atoms with Gasteiger partial charge in [0.05, 0.1) is 39.7 Å². The first-order valence-electron chi connectivity index (χ1n) is 8.90. The first kappa shape index (κ1) is 20.8. The van der Waals surface area contributed by atoms with Crippen molar-refractivity contribution < 1.29 is 33.0 Å². The maximum Gasteiger partial charge on any atom is 0.340 e. The van der Waals surface area contributed by atoms with Crippen molar-refractivity contribution in [2.24, 2.45) is 0 Å². The summed E-state index contributed by atoms with van der Waals surface area (Å²) in [5.41, 5.74) is 1.03. The first-order chi connectivity index (χ1) is 14.5. The molecule has 3 aromatic rings. The molecule has 0 bridgehead atoms. The first-order valence-corrected chi connectivity index (χ1v) is 8.90. The number of carbonyl (C=O) groups is 2.